The average Bonchev–Trinajstić information content (AvgIpc) is 2.77. The molecule has 2 heteroatoms. The topological polar surface area (TPSA) is 6.48 Å². The van der Waals surface area contributed by atoms with Gasteiger partial charge in [-0.2, -0.15) is 0 Å². The Labute approximate surface area is 126 Å². The third-order valence-corrected chi connectivity index (χ3v) is 5.32. The fraction of sp³-hybridized carbons (Fsp3) is 1.00. The van der Waals surface area contributed by atoms with Crippen molar-refractivity contribution in [2.45, 2.75) is 72.3 Å². The molecule has 0 aromatic rings. The molecule has 1 spiro atoms. The summed E-state index contributed by atoms with van der Waals surface area (Å²) in [5.74, 6) is 0.886. The quantitative estimate of drug-likeness (QED) is 0.620. The Morgan fingerprint density at radius 1 is 0.900 bits per heavy atom. The summed E-state index contributed by atoms with van der Waals surface area (Å²) >= 11 is 0. The molecule has 2 aliphatic heterocycles. The van der Waals surface area contributed by atoms with Crippen molar-refractivity contribution in [3.63, 3.8) is 0 Å². The molecule has 0 saturated carbocycles. The summed E-state index contributed by atoms with van der Waals surface area (Å²) in [6.07, 6.45) is 8.59. The predicted octanol–water partition coefficient (Wildman–Crippen LogP) is 4.01. The van der Waals surface area contributed by atoms with Gasteiger partial charge in [-0.25, -0.2) is 0 Å². The molecule has 2 rings (SSSR count). The van der Waals surface area contributed by atoms with Crippen molar-refractivity contribution in [1.29, 1.82) is 0 Å². The predicted molar refractivity (Wildman–Crippen MR) is 88.1 cm³/mol. The van der Waals surface area contributed by atoms with E-state index in [1.165, 1.54) is 71.2 Å². The standard InChI is InChI=1S/C18H36N2/c1-16(2)9-7-5-6-8-11-19-13-18(14-19)10-12-20(15-18)17(3)4/h16-17H,5-15H2,1-4H3. The number of hydrogen-bond acceptors (Lipinski definition) is 2. The molecule has 0 unspecified atom stereocenters. The normalized spacial score (nSPS) is 23.1. The van der Waals surface area contributed by atoms with Gasteiger partial charge in [-0.1, -0.05) is 39.5 Å². The minimum Gasteiger partial charge on any atom is -0.302 e. The van der Waals surface area contributed by atoms with Crippen LogP contribution in [0.25, 0.3) is 0 Å². The lowest BCUT2D eigenvalue weighted by atomic mass is 9.79. The molecule has 0 aliphatic carbocycles. The van der Waals surface area contributed by atoms with Crippen LogP contribution in [0, 0.1) is 11.3 Å². The Kier molecular flexibility index (Phi) is 5.92. The van der Waals surface area contributed by atoms with E-state index in [1.807, 2.05) is 0 Å². The fourth-order valence-corrected chi connectivity index (χ4v) is 3.97. The van der Waals surface area contributed by atoms with Crippen LogP contribution in [-0.2, 0) is 0 Å². The monoisotopic (exact) mass is 280 g/mol. The Bertz CT molecular complexity index is 279. The maximum atomic E-state index is 2.70. The van der Waals surface area contributed by atoms with Crippen molar-refractivity contribution in [2.24, 2.45) is 11.3 Å². The van der Waals surface area contributed by atoms with E-state index in [1.54, 1.807) is 0 Å². The van der Waals surface area contributed by atoms with Crippen molar-refractivity contribution < 1.29 is 0 Å². The van der Waals surface area contributed by atoms with Crippen LogP contribution in [0.2, 0.25) is 0 Å². The summed E-state index contributed by atoms with van der Waals surface area (Å²) in [5, 5.41) is 0. The molecular formula is C18H36N2. The first-order valence-electron chi connectivity index (χ1n) is 8.97. The van der Waals surface area contributed by atoms with E-state index in [9.17, 15) is 0 Å². The molecular weight excluding hydrogens is 244 g/mol. The van der Waals surface area contributed by atoms with Crippen molar-refractivity contribution in [3.05, 3.63) is 0 Å². The van der Waals surface area contributed by atoms with Crippen molar-refractivity contribution in [3.8, 4) is 0 Å². The second-order valence-corrected chi connectivity index (χ2v) is 8.12. The van der Waals surface area contributed by atoms with Crippen LogP contribution in [-0.4, -0.2) is 48.6 Å². The van der Waals surface area contributed by atoms with Crippen molar-refractivity contribution in [2.75, 3.05) is 32.7 Å². The first-order chi connectivity index (χ1) is 9.51. The van der Waals surface area contributed by atoms with E-state index in [4.69, 9.17) is 0 Å². The summed E-state index contributed by atoms with van der Waals surface area (Å²) in [4.78, 5) is 5.37. The Morgan fingerprint density at radius 2 is 1.60 bits per heavy atom. The van der Waals surface area contributed by atoms with E-state index >= 15 is 0 Å². The molecule has 118 valence electrons. The van der Waals surface area contributed by atoms with Gasteiger partial charge in [-0.3, -0.25) is 0 Å². The summed E-state index contributed by atoms with van der Waals surface area (Å²) in [6.45, 7) is 16.1. The van der Waals surface area contributed by atoms with Crippen LogP contribution in [0.15, 0.2) is 0 Å². The molecule has 2 aliphatic rings. The highest BCUT2D eigenvalue weighted by molar-refractivity contribution is 5.01. The van der Waals surface area contributed by atoms with Crippen LogP contribution in [0.1, 0.15) is 66.2 Å². The number of rotatable bonds is 8. The molecule has 0 bridgehead atoms. The van der Waals surface area contributed by atoms with E-state index in [-0.39, 0.29) is 0 Å². The number of hydrogen-bond donors (Lipinski definition) is 0. The zero-order chi connectivity index (χ0) is 14.6. The number of unbranched alkanes of at least 4 members (excludes halogenated alkanes) is 3. The third-order valence-electron chi connectivity index (χ3n) is 5.32. The minimum atomic E-state index is 0.682. The highest BCUT2D eigenvalue weighted by Crippen LogP contribution is 2.40. The summed E-state index contributed by atoms with van der Waals surface area (Å²) in [7, 11) is 0. The van der Waals surface area contributed by atoms with Crippen molar-refractivity contribution in [1.82, 2.24) is 9.80 Å². The number of nitrogens with zero attached hydrogens (tertiary/aromatic N) is 2. The van der Waals surface area contributed by atoms with Gasteiger partial charge in [0, 0.05) is 31.1 Å². The zero-order valence-electron chi connectivity index (χ0n) is 14.3. The van der Waals surface area contributed by atoms with Gasteiger partial charge in [-0.05, 0) is 45.7 Å². The Hall–Kier alpha value is -0.0800. The molecule has 0 aromatic carbocycles. The van der Waals surface area contributed by atoms with Gasteiger partial charge in [0.05, 0.1) is 0 Å². The zero-order valence-corrected chi connectivity index (χ0v) is 14.3. The lowest BCUT2D eigenvalue weighted by molar-refractivity contribution is 0.00531. The molecule has 2 heterocycles. The molecule has 0 radical (unpaired) electrons. The SMILES string of the molecule is CC(C)CCCCCCN1CC2(CCN(C(C)C)C2)C1. The van der Waals surface area contributed by atoms with Crippen LogP contribution in [0.3, 0.4) is 0 Å². The van der Waals surface area contributed by atoms with E-state index < -0.39 is 0 Å². The number of likely N-dealkylation sites (tertiary alicyclic amines) is 2. The van der Waals surface area contributed by atoms with Gasteiger partial charge >= 0.3 is 0 Å². The molecule has 2 saturated heterocycles. The second kappa shape index (κ2) is 7.26. The van der Waals surface area contributed by atoms with Gasteiger partial charge in [-0.15, -0.1) is 0 Å². The lowest BCUT2D eigenvalue weighted by Gasteiger charge is -2.48. The summed E-state index contributed by atoms with van der Waals surface area (Å²) in [6, 6.07) is 0.740. The first-order valence-corrected chi connectivity index (χ1v) is 8.97. The highest BCUT2D eigenvalue weighted by atomic mass is 15.3. The largest absolute Gasteiger partial charge is 0.302 e. The van der Waals surface area contributed by atoms with Crippen LogP contribution in [0.4, 0.5) is 0 Å². The Balaban J connectivity index is 1.50. The maximum absolute atomic E-state index is 2.70. The van der Waals surface area contributed by atoms with Gasteiger partial charge in [0.15, 0.2) is 0 Å². The Morgan fingerprint density at radius 3 is 2.20 bits per heavy atom. The maximum Gasteiger partial charge on any atom is 0.00970 e. The molecule has 0 atom stereocenters. The van der Waals surface area contributed by atoms with Gasteiger partial charge < -0.3 is 9.80 Å². The van der Waals surface area contributed by atoms with Crippen LogP contribution < -0.4 is 0 Å². The van der Waals surface area contributed by atoms with Gasteiger partial charge in [0.25, 0.3) is 0 Å². The second-order valence-electron chi connectivity index (χ2n) is 8.12. The molecule has 2 nitrogen and oxygen atoms in total. The first kappa shape index (κ1) is 16.3. The van der Waals surface area contributed by atoms with E-state index in [0.717, 1.165) is 12.0 Å². The van der Waals surface area contributed by atoms with E-state index in [0.29, 0.717) is 5.41 Å². The lowest BCUT2D eigenvalue weighted by Crippen LogP contribution is -2.57. The van der Waals surface area contributed by atoms with Crippen LogP contribution in [0.5, 0.6) is 0 Å². The summed E-state index contributed by atoms with van der Waals surface area (Å²) in [5.41, 5.74) is 0.682. The van der Waals surface area contributed by atoms with Gasteiger partial charge in [0.1, 0.15) is 0 Å². The summed E-state index contributed by atoms with van der Waals surface area (Å²) < 4.78 is 0. The molecule has 0 aromatic heterocycles. The minimum absolute atomic E-state index is 0.682. The molecule has 20 heavy (non-hydrogen) atoms. The van der Waals surface area contributed by atoms with E-state index in [2.05, 4.69) is 37.5 Å². The molecule has 0 amide bonds. The molecule has 0 N–H and O–H groups in total. The van der Waals surface area contributed by atoms with Crippen LogP contribution >= 0.6 is 0 Å². The van der Waals surface area contributed by atoms with Crippen molar-refractivity contribution >= 4 is 0 Å². The highest BCUT2D eigenvalue weighted by Gasteiger charge is 2.47. The smallest absolute Gasteiger partial charge is 0.00970 e. The third kappa shape index (κ3) is 4.46. The van der Waals surface area contributed by atoms with Gasteiger partial charge in [0.2, 0.25) is 0 Å². The average molecular weight is 281 g/mol. The molecule has 2 fully saturated rings. The fourth-order valence-electron chi connectivity index (χ4n) is 3.97.